The number of ether oxygens (including phenoxy) is 1. The normalized spacial score (nSPS) is 16.3. The maximum absolute atomic E-state index is 11.0. The van der Waals surface area contributed by atoms with Gasteiger partial charge in [-0.2, -0.15) is 0 Å². The average Bonchev–Trinajstić information content (AvgIpc) is 3.01. The lowest BCUT2D eigenvalue weighted by Gasteiger charge is -2.14. The van der Waals surface area contributed by atoms with Crippen LogP contribution in [0.1, 0.15) is 12.8 Å². The maximum atomic E-state index is 11.0. The van der Waals surface area contributed by atoms with Crippen molar-refractivity contribution in [1.29, 1.82) is 0 Å². The number of carboxylic acids is 1. The van der Waals surface area contributed by atoms with E-state index in [-0.39, 0.29) is 11.4 Å². The van der Waals surface area contributed by atoms with Crippen molar-refractivity contribution in [3.8, 4) is 5.75 Å². The molecule has 1 N–H and O–H groups in total. The molecule has 0 saturated heterocycles. The fraction of sp³-hybridized carbons (Fsp3) is 0.300. The van der Waals surface area contributed by atoms with Gasteiger partial charge in [0.2, 0.25) is 11.4 Å². The Bertz CT molecular complexity index is 497. The molecule has 0 bridgehead atoms. The Morgan fingerprint density at radius 1 is 1.53 bits per heavy atom. The summed E-state index contributed by atoms with van der Waals surface area (Å²) in [6.45, 7) is 0. The van der Waals surface area contributed by atoms with E-state index in [4.69, 9.17) is 9.84 Å². The standard InChI is InChI=1S/C10H8BrNO5/c11-6-2-1-3-7(12(15)16)8(6)17-10(4-5-10)9(13)14/h1-3H,4-5H2,(H,13,14). The number of benzene rings is 1. The van der Waals surface area contributed by atoms with Gasteiger partial charge in [-0.15, -0.1) is 0 Å². The molecule has 90 valence electrons. The number of nitro benzene ring substituents is 1. The van der Waals surface area contributed by atoms with Gasteiger partial charge >= 0.3 is 11.7 Å². The van der Waals surface area contributed by atoms with E-state index in [9.17, 15) is 14.9 Å². The monoisotopic (exact) mass is 301 g/mol. The van der Waals surface area contributed by atoms with E-state index < -0.39 is 16.5 Å². The molecule has 2 rings (SSSR count). The first-order valence-electron chi connectivity index (χ1n) is 4.81. The summed E-state index contributed by atoms with van der Waals surface area (Å²) in [4.78, 5) is 21.2. The number of nitro groups is 1. The summed E-state index contributed by atoms with van der Waals surface area (Å²) in [6, 6.07) is 4.34. The van der Waals surface area contributed by atoms with E-state index in [0.717, 1.165) is 0 Å². The van der Waals surface area contributed by atoms with Gasteiger partial charge in [-0.1, -0.05) is 6.07 Å². The van der Waals surface area contributed by atoms with E-state index in [1.165, 1.54) is 12.1 Å². The second-order valence-corrected chi connectivity index (χ2v) is 4.60. The predicted molar refractivity (Wildman–Crippen MR) is 61.0 cm³/mol. The maximum Gasteiger partial charge on any atom is 0.348 e. The van der Waals surface area contributed by atoms with Gasteiger partial charge in [0.1, 0.15) is 0 Å². The molecule has 6 nitrogen and oxygen atoms in total. The number of hydrogen-bond acceptors (Lipinski definition) is 4. The van der Waals surface area contributed by atoms with E-state index in [0.29, 0.717) is 17.3 Å². The van der Waals surface area contributed by atoms with Crippen LogP contribution in [-0.2, 0) is 4.79 Å². The van der Waals surface area contributed by atoms with Gasteiger partial charge in [0.15, 0.2) is 0 Å². The third kappa shape index (κ3) is 2.10. The molecule has 0 aromatic heterocycles. The van der Waals surface area contributed by atoms with Crippen molar-refractivity contribution in [2.75, 3.05) is 0 Å². The molecule has 1 fully saturated rings. The molecule has 1 aliphatic carbocycles. The molecular formula is C10H8BrNO5. The van der Waals surface area contributed by atoms with Crippen LogP contribution >= 0.6 is 15.9 Å². The molecule has 0 atom stereocenters. The molecule has 0 aliphatic heterocycles. The number of carboxylic acid groups (broad SMARTS) is 1. The number of halogens is 1. The molecule has 0 radical (unpaired) electrons. The van der Waals surface area contributed by atoms with Crippen molar-refractivity contribution in [2.45, 2.75) is 18.4 Å². The van der Waals surface area contributed by atoms with Gasteiger partial charge in [-0.05, 0) is 22.0 Å². The van der Waals surface area contributed by atoms with Crippen LogP contribution in [0.2, 0.25) is 0 Å². The first-order valence-corrected chi connectivity index (χ1v) is 5.61. The minimum Gasteiger partial charge on any atom is -0.478 e. The molecule has 1 aliphatic rings. The summed E-state index contributed by atoms with van der Waals surface area (Å²) in [7, 11) is 0. The number of carbonyl (C=O) groups is 1. The Kier molecular flexibility index (Phi) is 2.78. The molecule has 1 aromatic carbocycles. The summed E-state index contributed by atoms with van der Waals surface area (Å²) < 4.78 is 5.68. The molecule has 0 spiro atoms. The summed E-state index contributed by atoms with van der Waals surface area (Å²) in [5.41, 5.74) is -1.54. The van der Waals surface area contributed by atoms with Crippen molar-refractivity contribution < 1.29 is 19.6 Å². The van der Waals surface area contributed by atoms with Crippen molar-refractivity contribution in [3.63, 3.8) is 0 Å². The first-order chi connectivity index (χ1) is 7.96. The highest BCUT2D eigenvalue weighted by Crippen LogP contribution is 2.45. The van der Waals surface area contributed by atoms with Gasteiger partial charge in [0.25, 0.3) is 0 Å². The smallest absolute Gasteiger partial charge is 0.348 e. The van der Waals surface area contributed by atoms with E-state index >= 15 is 0 Å². The average molecular weight is 302 g/mol. The molecule has 0 unspecified atom stereocenters. The minimum atomic E-state index is -1.30. The summed E-state index contributed by atoms with van der Waals surface area (Å²) in [6.07, 6.45) is 0.724. The number of nitrogens with zero attached hydrogens (tertiary/aromatic N) is 1. The van der Waals surface area contributed by atoms with Crippen LogP contribution in [0.25, 0.3) is 0 Å². The second kappa shape index (κ2) is 3.99. The third-order valence-electron chi connectivity index (χ3n) is 2.53. The Balaban J connectivity index is 2.38. The van der Waals surface area contributed by atoms with Crippen LogP contribution in [0.4, 0.5) is 5.69 Å². The summed E-state index contributed by atoms with van der Waals surface area (Å²) in [5, 5.41) is 19.8. The lowest BCUT2D eigenvalue weighted by Crippen LogP contribution is -2.29. The van der Waals surface area contributed by atoms with Crippen LogP contribution < -0.4 is 4.74 Å². The highest BCUT2D eigenvalue weighted by atomic mass is 79.9. The van der Waals surface area contributed by atoms with Crippen LogP contribution in [-0.4, -0.2) is 21.6 Å². The van der Waals surface area contributed by atoms with Crippen molar-refractivity contribution in [2.24, 2.45) is 0 Å². The Morgan fingerprint density at radius 2 is 2.18 bits per heavy atom. The molecule has 7 heteroatoms. The van der Waals surface area contributed by atoms with Gasteiger partial charge in [0, 0.05) is 18.9 Å². The quantitative estimate of drug-likeness (QED) is 0.681. The third-order valence-corrected chi connectivity index (χ3v) is 3.16. The van der Waals surface area contributed by atoms with Crippen molar-refractivity contribution >= 4 is 27.6 Å². The number of para-hydroxylation sites is 1. The van der Waals surface area contributed by atoms with Crippen molar-refractivity contribution in [1.82, 2.24) is 0 Å². The molecule has 17 heavy (non-hydrogen) atoms. The predicted octanol–water partition coefficient (Wildman–Crippen LogP) is 2.35. The highest BCUT2D eigenvalue weighted by molar-refractivity contribution is 9.10. The largest absolute Gasteiger partial charge is 0.478 e. The summed E-state index contributed by atoms with van der Waals surface area (Å²) in [5.74, 6) is -1.13. The lowest BCUT2D eigenvalue weighted by atomic mass is 10.3. The molecular weight excluding hydrogens is 294 g/mol. The number of rotatable bonds is 4. The minimum absolute atomic E-state index is 0.0302. The van der Waals surface area contributed by atoms with E-state index in [1.807, 2.05) is 0 Å². The topological polar surface area (TPSA) is 89.7 Å². The summed E-state index contributed by atoms with van der Waals surface area (Å²) >= 11 is 3.12. The lowest BCUT2D eigenvalue weighted by molar-refractivity contribution is -0.386. The van der Waals surface area contributed by atoms with E-state index in [1.54, 1.807) is 6.07 Å². The Hall–Kier alpha value is -1.63. The zero-order chi connectivity index (χ0) is 12.6. The Morgan fingerprint density at radius 3 is 2.65 bits per heavy atom. The van der Waals surface area contributed by atoms with Gasteiger partial charge in [-0.3, -0.25) is 10.1 Å². The van der Waals surface area contributed by atoms with Crippen LogP contribution in [0.5, 0.6) is 5.75 Å². The molecule has 1 aromatic rings. The number of hydrogen-bond donors (Lipinski definition) is 1. The fourth-order valence-corrected chi connectivity index (χ4v) is 1.85. The van der Waals surface area contributed by atoms with Crippen LogP contribution in [0.3, 0.4) is 0 Å². The SMILES string of the molecule is O=C(O)C1(Oc2c(Br)cccc2[N+](=O)[O-])CC1. The zero-order valence-corrected chi connectivity index (χ0v) is 10.1. The molecule has 0 heterocycles. The zero-order valence-electron chi connectivity index (χ0n) is 8.55. The second-order valence-electron chi connectivity index (χ2n) is 3.75. The Labute approximate surface area is 104 Å². The first kappa shape index (κ1) is 11.8. The van der Waals surface area contributed by atoms with E-state index in [2.05, 4.69) is 15.9 Å². The van der Waals surface area contributed by atoms with Crippen molar-refractivity contribution in [3.05, 3.63) is 32.8 Å². The highest BCUT2D eigenvalue weighted by Gasteiger charge is 2.54. The van der Waals surface area contributed by atoms with Gasteiger partial charge in [-0.25, -0.2) is 4.79 Å². The molecule has 0 amide bonds. The van der Waals surface area contributed by atoms with Gasteiger partial charge < -0.3 is 9.84 Å². The van der Waals surface area contributed by atoms with Crippen LogP contribution in [0.15, 0.2) is 22.7 Å². The van der Waals surface area contributed by atoms with Crippen LogP contribution in [0, 0.1) is 10.1 Å². The molecule has 1 saturated carbocycles. The van der Waals surface area contributed by atoms with Gasteiger partial charge in [0.05, 0.1) is 9.40 Å². The number of aliphatic carboxylic acids is 1. The fourth-order valence-electron chi connectivity index (χ4n) is 1.41.